The standard InChI is InChI=1S/C26H26ClN9O3/c1-15-7-22(27)23(9-20(15)25-31-33-36(32-25)18-3-4-18)30-26(38)21-11-29-35-6-5-16(8-24(21)35)17-10-28-34(12-17)13-19(37)14-39-2/h5-12,18-19,37H,3-4,13-14H2,1-2H3,(H,30,38). The predicted octanol–water partition coefficient (Wildman–Crippen LogP) is 3.41. The molecule has 200 valence electrons. The zero-order valence-electron chi connectivity index (χ0n) is 21.3. The van der Waals surface area contributed by atoms with Gasteiger partial charge in [0.1, 0.15) is 0 Å². The molecule has 1 unspecified atom stereocenters. The van der Waals surface area contributed by atoms with Crippen molar-refractivity contribution in [2.24, 2.45) is 0 Å². The Bertz CT molecular complexity index is 1670. The topological polar surface area (TPSA) is 137 Å². The quantitative estimate of drug-likeness (QED) is 0.286. The number of halogens is 1. The maximum Gasteiger partial charge on any atom is 0.259 e. The van der Waals surface area contributed by atoms with Crippen molar-refractivity contribution in [3.05, 3.63) is 65.2 Å². The van der Waals surface area contributed by atoms with Gasteiger partial charge in [-0.1, -0.05) is 11.6 Å². The number of aromatic nitrogens is 8. The number of pyridine rings is 1. The summed E-state index contributed by atoms with van der Waals surface area (Å²) in [4.78, 5) is 15.0. The molecule has 6 rings (SSSR count). The number of nitrogens with one attached hydrogen (secondary N) is 1. The highest BCUT2D eigenvalue weighted by molar-refractivity contribution is 6.34. The van der Waals surface area contributed by atoms with Crippen LogP contribution in [0.3, 0.4) is 0 Å². The van der Waals surface area contributed by atoms with Crippen LogP contribution in [0.2, 0.25) is 5.02 Å². The number of carbonyl (C=O) groups excluding carboxylic acids is 1. The third-order valence-electron chi connectivity index (χ3n) is 6.59. The van der Waals surface area contributed by atoms with E-state index in [9.17, 15) is 9.90 Å². The molecule has 0 saturated heterocycles. The SMILES string of the molecule is COCC(O)Cn1cc(-c2ccn3ncc(C(=O)Nc4cc(-c5nnn(C6CC6)n5)c(C)cc4Cl)c3c2)cn1. The monoisotopic (exact) mass is 547 g/mol. The highest BCUT2D eigenvalue weighted by Crippen LogP contribution is 2.35. The number of aryl methyl sites for hydroxylation is 1. The van der Waals surface area contributed by atoms with Crippen molar-refractivity contribution in [3.63, 3.8) is 0 Å². The van der Waals surface area contributed by atoms with Crippen LogP contribution in [0.1, 0.15) is 34.8 Å². The van der Waals surface area contributed by atoms with Crippen LogP contribution in [0, 0.1) is 6.92 Å². The summed E-state index contributed by atoms with van der Waals surface area (Å²) in [7, 11) is 1.54. The van der Waals surface area contributed by atoms with E-state index >= 15 is 0 Å². The summed E-state index contributed by atoms with van der Waals surface area (Å²) in [5, 5.41) is 34.8. The number of hydrogen-bond donors (Lipinski definition) is 2. The van der Waals surface area contributed by atoms with Crippen LogP contribution in [-0.2, 0) is 11.3 Å². The summed E-state index contributed by atoms with van der Waals surface area (Å²) in [6.45, 7) is 2.44. The number of anilines is 1. The van der Waals surface area contributed by atoms with Crippen molar-refractivity contribution in [1.29, 1.82) is 0 Å². The number of benzene rings is 1. The average Bonchev–Trinajstić information content (AvgIpc) is 3.27. The number of fused-ring (bicyclic) bond motifs is 1. The smallest absolute Gasteiger partial charge is 0.259 e. The number of nitrogens with zero attached hydrogens (tertiary/aromatic N) is 8. The largest absolute Gasteiger partial charge is 0.389 e. The average molecular weight is 548 g/mol. The Kier molecular flexibility index (Phi) is 6.59. The number of ether oxygens (including phenoxy) is 1. The lowest BCUT2D eigenvalue weighted by Gasteiger charge is -2.10. The number of rotatable bonds is 9. The number of tetrazole rings is 1. The summed E-state index contributed by atoms with van der Waals surface area (Å²) >= 11 is 6.51. The zero-order chi connectivity index (χ0) is 27.1. The number of aliphatic hydroxyl groups excluding tert-OH is 1. The summed E-state index contributed by atoms with van der Waals surface area (Å²) in [6.07, 6.45) is 8.29. The van der Waals surface area contributed by atoms with E-state index in [0.29, 0.717) is 40.2 Å². The highest BCUT2D eigenvalue weighted by atomic mass is 35.5. The Morgan fingerprint density at radius 3 is 2.87 bits per heavy atom. The van der Waals surface area contributed by atoms with E-state index in [1.165, 1.54) is 13.3 Å². The maximum atomic E-state index is 13.4. The van der Waals surface area contributed by atoms with Crippen molar-refractivity contribution in [1.82, 2.24) is 39.6 Å². The van der Waals surface area contributed by atoms with Crippen LogP contribution in [0.25, 0.3) is 28.0 Å². The predicted molar refractivity (Wildman–Crippen MR) is 144 cm³/mol. The van der Waals surface area contributed by atoms with Gasteiger partial charge in [-0.3, -0.25) is 9.48 Å². The lowest BCUT2D eigenvalue weighted by atomic mass is 10.1. The molecule has 5 aromatic rings. The van der Waals surface area contributed by atoms with Gasteiger partial charge in [0, 0.05) is 30.6 Å². The lowest BCUT2D eigenvalue weighted by molar-refractivity contribution is 0.0514. The molecule has 4 heterocycles. The molecule has 1 atom stereocenters. The minimum absolute atomic E-state index is 0.221. The van der Waals surface area contributed by atoms with Gasteiger partial charge < -0.3 is 15.2 Å². The Balaban J connectivity index is 1.25. The molecule has 1 aliphatic carbocycles. The molecule has 1 fully saturated rings. The molecule has 0 radical (unpaired) electrons. The van der Waals surface area contributed by atoms with Crippen molar-refractivity contribution >= 4 is 28.7 Å². The van der Waals surface area contributed by atoms with Crippen molar-refractivity contribution in [3.8, 4) is 22.5 Å². The van der Waals surface area contributed by atoms with Gasteiger partial charge in [0.15, 0.2) is 0 Å². The van der Waals surface area contributed by atoms with Crippen LogP contribution in [0.4, 0.5) is 5.69 Å². The third kappa shape index (κ3) is 5.13. The van der Waals surface area contributed by atoms with Crippen molar-refractivity contribution in [2.75, 3.05) is 19.0 Å². The van der Waals surface area contributed by atoms with E-state index in [4.69, 9.17) is 16.3 Å². The second kappa shape index (κ2) is 10.2. The van der Waals surface area contributed by atoms with Gasteiger partial charge in [-0.15, -0.1) is 10.2 Å². The molecule has 1 aliphatic rings. The van der Waals surface area contributed by atoms with Crippen LogP contribution in [-0.4, -0.2) is 70.4 Å². The molecule has 1 amide bonds. The number of methoxy groups -OCH3 is 1. The Morgan fingerprint density at radius 2 is 2.08 bits per heavy atom. The van der Waals surface area contributed by atoms with E-state index in [2.05, 4.69) is 30.9 Å². The minimum atomic E-state index is -0.662. The molecule has 39 heavy (non-hydrogen) atoms. The van der Waals surface area contributed by atoms with E-state index in [0.717, 1.165) is 35.1 Å². The van der Waals surface area contributed by atoms with Crippen LogP contribution in [0.15, 0.2) is 49.1 Å². The first-order chi connectivity index (χ1) is 18.9. The van der Waals surface area contributed by atoms with Gasteiger partial charge >= 0.3 is 0 Å². The van der Waals surface area contributed by atoms with E-state index in [1.54, 1.807) is 38.5 Å². The van der Waals surface area contributed by atoms with Gasteiger partial charge in [-0.05, 0) is 60.4 Å². The van der Waals surface area contributed by atoms with Gasteiger partial charge in [0.25, 0.3) is 5.91 Å². The van der Waals surface area contributed by atoms with Gasteiger partial charge in [-0.25, -0.2) is 4.52 Å². The molecule has 4 aromatic heterocycles. The summed E-state index contributed by atoms with van der Waals surface area (Å²) in [6, 6.07) is 7.62. The van der Waals surface area contributed by atoms with E-state index in [-0.39, 0.29) is 12.5 Å². The molecule has 1 saturated carbocycles. The molecule has 0 bridgehead atoms. The fourth-order valence-electron chi connectivity index (χ4n) is 4.40. The number of aliphatic hydroxyl groups is 1. The Hall–Kier alpha value is -4.13. The first-order valence-corrected chi connectivity index (χ1v) is 12.9. The highest BCUT2D eigenvalue weighted by Gasteiger charge is 2.27. The van der Waals surface area contributed by atoms with Gasteiger partial charge in [-0.2, -0.15) is 15.0 Å². The van der Waals surface area contributed by atoms with Gasteiger partial charge in [0.05, 0.1) is 59.5 Å². The first kappa shape index (κ1) is 25.2. The number of hydrogen-bond acceptors (Lipinski definition) is 8. The fraction of sp³-hybridized carbons (Fsp3) is 0.308. The summed E-state index contributed by atoms with van der Waals surface area (Å²) in [5.74, 6) is 0.134. The fourth-order valence-corrected chi connectivity index (χ4v) is 4.67. The van der Waals surface area contributed by atoms with Crippen LogP contribution in [0.5, 0.6) is 0 Å². The van der Waals surface area contributed by atoms with Gasteiger partial charge in [0.2, 0.25) is 5.82 Å². The number of amides is 1. The molecule has 12 nitrogen and oxygen atoms in total. The molecule has 0 spiro atoms. The molecular formula is C26H26ClN9O3. The molecule has 13 heteroatoms. The molecular weight excluding hydrogens is 522 g/mol. The maximum absolute atomic E-state index is 13.4. The van der Waals surface area contributed by atoms with Crippen molar-refractivity contribution < 1.29 is 14.6 Å². The third-order valence-corrected chi connectivity index (χ3v) is 6.91. The Labute approximate surface area is 228 Å². The second-order valence-electron chi connectivity index (χ2n) is 9.63. The molecule has 1 aromatic carbocycles. The lowest BCUT2D eigenvalue weighted by Crippen LogP contribution is -2.21. The first-order valence-electron chi connectivity index (χ1n) is 12.5. The minimum Gasteiger partial charge on any atom is -0.389 e. The zero-order valence-corrected chi connectivity index (χ0v) is 22.1. The summed E-state index contributed by atoms with van der Waals surface area (Å²) in [5.41, 5.74) is 4.76. The summed E-state index contributed by atoms with van der Waals surface area (Å²) < 4.78 is 8.27. The van der Waals surface area contributed by atoms with Crippen molar-refractivity contribution in [2.45, 2.75) is 38.5 Å². The van der Waals surface area contributed by atoms with Crippen LogP contribution < -0.4 is 5.32 Å². The van der Waals surface area contributed by atoms with E-state index in [1.807, 2.05) is 25.3 Å². The Morgan fingerprint density at radius 1 is 1.23 bits per heavy atom. The second-order valence-corrected chi connectivity index (χ2v) is 10.0. The number of carbonyl (C=O) groups is 1. The molecule has 0 aliphatic heterocycles. The van der Waals surface area contributed by atoms with Crippen LogP contribution >= 0.6 is 11.6 Å². The van der Waals surface area contributed by atoms with E-state index < -0.39 is 6.10 Å². The molecule has 2 N–H and O–H groups in total. The normalized spacial score (nSPS) is 14.2.